The van der Waals surface area contributed by atoms with Gasteiger partial charge in [0.05, 0.1) is 10.9 Å². The first-order chi connectivity index (χ1) is 8.56. The Morgan fingerprint density at radius 3 is 2.94 bits per heavy atom. The van der Waals surface area contributed by atoms with E-state index in [1.807, 2.05) is 18.2 Å². The fourth-order valence-corrected chi connectivity index (χ4v) is 2.64. The number of aryl methyl sites for hydroxylation is 1. The minimum atomic E-state index is 0.0294. The van der Waals surface area contributed by atoms with Crippen LogP contribution in [0.5, 0.6) is 0 Å². The standard InChI is InChI=1S/C12H11BrN4O/c1-17-12(14)10(13)11(16-17)6-2-3-8-7(4-6)5-9(18)15-8/h2-4H,5,14H2,1H3,(H,15,18). The van der Waals surface area contributed by atoms with Crippen molar-refractivity contribution in [1.29, 1.82) is 0 Å². The Bertz CT molecular complexity index is 662. The van der Waals surface area contributed by atoms with E-state index in [4.69, 9.17) is 5.73 Å². The average molecular weight is 307 g/mol. The third-order valence-electron chi connectivity index (χ3n) is 3.04. The lowest BCUT2D eigenvalue weighted by Gasteiger charge is -2.02. The fourth-order valence-electron chi connectivity index (χ4n) is 2.07. The van der Waals surface area contributed by atoms with Gasteiger partial charge >= 0.3 is 0 Å². The molecule has 0 fully saturated rings. The van der Waals surface area contributed by atoms with E-state index in [2.05, 4.69) is 26.3 Å². The van der Waals surface area contributed by atoms with Gasteiger partial charge in [0.15, 0.2) is 0 Å². The highest BCUT2D eigenvalue weighted by molar-refractivity contribution is 9.10. The molecule has 3 N–H and O–H groups in total. The summed E-state index contributed by atoms with van der Waals surface area (Å²) in [6.07, 6.45) is 0.420. The number of hydrogen-bond acceptors (Lipinski definition) is 3. The molecule has 6 heteroatoms. The van der Waals surface area contributed by atoms with Crippen LogP contribution in [0.15, 0.2) is 22.7 Å². The van der Waals surface area contributed by atoms with Gasteiger partial charge in [0.2, 0.25) is 5.91 Å². The summed E-state index contributed by atoms with van der Waals surface area (Å²) in [4.78, 5) is 11.3. The summed E-state index contributed by atoms with van der Waals surface area (Å²) in [6, 6.07) is 5.80. The summed E-state index contributed by atoms with van der Waals surface area (Å²) >= 11 is 3.44. The lowest BCUT2D eigenvalue weighted by atomic mass is 10.1. The smallest absolute Gasteiger partial charge is 0.228 e. The van der Waals surface area contributed by atoms with E-state index < -0.39 is 0 Å². The number of nitrogen functional groups attached to an aromatic ring is 1. The number of nitrogens with one attached hydrogen (secondary N) is 1. The second-order valence-electron chi connectivity index (χ2n) is 4.27. The quantitative estimate of drug-likeness (QED) is 0.845. The predicted molar refractivity (Wildman–Crippen MR) is 73.1 cm³/mol. The number of benzene rings is 1. The summed E-state index contributed by atoms with van der Waals surface area (Å²) in [5.74, 6) is 0.612. The molecular weight excluding hydrogens is 296 g/mol. The van der Waals surface area contributed by atoms with Gasteiger partial charge in [0.1, 0.15) is 11.5 Å². The van der Waals surface area contributed by atoms with Crippen LogP contribution < -0.4 is 11.1 Å². The third-order valence-corrected chi connectivity index (χ3v) is 3.82. The number of carbonyl (C=O) groups excluding carboxylic acids is 1. The molecular formula is C12H11BrN4O. The van der Waals surface area contributed by atoms with Crippen LogP contribution in [0.2, 0.25) is 0 Å². The molecule has 0 saturated carbocycles. The van der Waals surface area contributed by atoms with Crippen LogP contribution in [-0.2, 0) is 18.3 Å². The van der Waals surface area contributed by atoms with E-state index in [1.165, 1.54) is 0 Å². The number of fused-ring (bicyclic) bond motifs is 1. The molecule has 0 bridgehead atoms. The summed E-state index contributed by atoms with van der Waals surface area (Å²) in [5, 5.41) is 7.17. The Kier molecular flexibility index (Phi) is 2.41. The minimum Gasteiger partial charge on any atom is -0.383 e. The molecule has 2 heterocycles. The zero-order valence-corrected chi connectivity index (χ0v) is 11.3. The number of carbonyl (C=O) groups is 1. The van der Waals surface area contributed by atoms with Crippen molar-refractivity contribution in [2.75, 3.05) is 11.1 Å². The fraction of sp³-hybridized carbons (Fsp3) is 0.167. The normalized spacial score (nSPS) is 13.6. The zero-order chi connectivity index (χ0) is 12.9. The first-order valence-corrected chi connectivity index (χ1v) is 6.26. The first-order valence-electron chi connectivity index (χ1n) is 5.47. The van der Waals surface area contributed by atoms with E-state index in [-0.39, 0.29) is 5.91 Å². The van der Waals surface area contributed by atoms with Gasteiger partial charge in [-0.15, -0.1) is 0 Å². The van der Waals surface area contributed by atoms with E-state index >= 15 is 0 Å². The molecule has 18 heavy (non-hydrogen) atoms. The highest BCUT2D eigenvalue weighted by Crippen LogP contribution is 2.34. The van der Waals surface area contributed by atoms with Crippen LogP contribution in [0.4, 0.5) is 11.5 Å². The van der Waals surface area contributed by atoms with Crippen LogP contribution in [0, 0.1) is 0 Å². The van der Waals surface area contributed by atoms with Crippen LogP contribution in [-0.4, -0.2) is 15.7 Å². The van der Waals surface area contributed by atoms with Crippen LogP contribution >= 0.6 is 15.9 Å². The number of nitrogens with zero attached hydrogens (tertiary/aromatic N) is 2. The van der Waals surface area contributed by atoms with Crippen molar-refractivity contribution >= 4 is 33.3 Å². The monoisotopic (exact) mass is 306 g/mol. The predicted octanol–water partition coefficient (Wildman–Crippen LogP) is 1.93. The molecule has 0 aliphatic carbocycles. The highest BCUT2D eigenvalue weighted by Gasteiger charge is 2.20. The van der Waals surface area contributed by atoms with Crippen molar-refractivity contribution in [3.8, 4) is 11.3 Å². The number of halogens is 1. The lowest BCUT2D eigenvalue weighted by molar-refractivity contribution is -0.115. The van der Waals surface area contributed by atoms with E-state index in [9.17, 15) is 4.79 Å². The number of amides is 1. The Labute approximate surface area is 112 Å². The Balaban J connectivity index is 2.11. The van der Waals surface area contributed by atoms with Crippen LogP contribution in [0.3, 0.4) is 0 Å². The summed E-state index contributed by atoms with van der Waals surface area (Å²) in [7, 11) is 1.79. The number of nitrogens with two attached hydrogens (primary N) is 1. The van der Waals surface area contributed by atoms with Gasteiger partial charge in [-0.1, -0.05) is 6.07 Å². The summed E-state index contributed by atoms with van der Waals surface area (Å²) in [6.45, 7) is 0. The molecule has 1 aromatic heterocycles. The molecule has 1 amide bonds. The third kappa shape index (κ3) is 1.60. The largest absolute Gasteiger partial charge is 0.383 e. The average Bonchev–Trinajstić information content (AvgIpc) is 2.82. The molecule has 1 aliphatic heterocycles. The molecule has 0 unspecified atom stereocenters. The second-order valence-corrected chi connectivity index (χ2v) is 5.06. The second kappa shape index (κ2) is 3.84. The highest BCUT2D eigenvalue weighted by atomic mass is 79.9. The maximum Gasteiger partial charge on any atom is 0.228 e. The Hall–Kier alpha value is -1.82. The van der Waals surface area contributed by atoms with Crippen molar-refractivity contribution in [2.24, 2.45) is 7.05 Å². The van der Waals surface area contributed by atoms with Gasteiger partial charge < -0.3 is 11.1 Å². The minimum absolute atomic E-state index is 0.0294. The summed E-state index contributed by atoms with van der Waals surface area (Å²) < 4.78 is 2.40. The Morgan fingerprint density at radius 2 is 2.28 bits per heavy atom. The lowest BCUT2D eigenvalue weighted by Crippen LogP contribution is -2.03. The number of aromatic nitrogens is 2. The first kappa shape index (κ1) is 11.3. The number of hydrogen-bond donors (Lipinski definition) is 2. The summed E-state index contributed by atoms with van der Waals surface area (Å²) in [5.41, 5.74) is 9.47. The van der Waals surface area contributed by atoms with Gasteiger partial charge in [0, 0.05) is 18.3 Å². The zero-order valence-electron chi connectivity index (χ0n) is 9.70. The molecule has 0 saturated heterocycles. The van der Waals surface area contributed by atoms with Crippen molar-refractivity contribution in [3.05, 3.63) is 28.2 Å². The number of rotatable bonds is 1. The van der Waals surface area contributed by atoms with Gasteiger partial charge in [-0.2, -0.15) is 5.10 Å². The maximum atomic E-state index is 11.3. The SMILES string of the molecule is Cn1nc(-c2ccc3c(c2)CC(=O)N3)c(Br)c1N. The maximum absolute atomic E-state index is 11.3. The topological polar surface area (TPSA) is 72.9 Å². The molecule has 5 nitrogen and oxygen atoms in total. The van der Waals surface area contributed by atoms with Crippen LogP contribution in [0.1, 0.15) is 5.56 Å². The van der Waals surface area contributed by atoms with Gasteiger partial charge in [-0.25, -0.2) is 0 Å². The van der Waals surface area contributed by atoms with Crippen molar-refractivity contribution < 1.29 is 4.79 Å². The molecule has 1 aliphatic rings. The molecule has 2 aromatic rings. The number of anilines is 2. The molecule has 1 aromatic carbocycles. The van der Waals surface area contributed by atoms with Crippen molar-refractivity contribution in [1.82, 2.24) is 9.78 Å². The van der Waals surface area contributed by atoms with Crippen LogP contribution in [0.25, 0.3) is 11.3 Å². The molecule has 3 rings (SSSR count). The van der Waals surface area contributed by atoms with Crippen molar-refractivity contribution in [3.63, 3.8) is 0 Å². The molecule has 0 atom stereocenters. The van der Waals surface area contributed by atoms with Crippen molar-refractivity contribution in [2.45, 2.75) is 6.42 Å². The van der Waals surface area contributed by atoms with Gasteiger partial charge in [-0.3, -0.25) is 9.48 Å². The van der Waals surface area contributed by atoms with E-state index in [0.717, 1.165) is 27.0 Å². The van der Waals surface area contributed by atoms with E-state index in [1.54, 1.807) is 11.7 Å². The molecule has 92 valence electrons. The van der Waals surface area contributed by atoms with Gasteiger partial charge in [-0.05, 0) is 33.6 Å². The molecule has 0 spiro atoms. The van der Waals surface area contributed by atoms with E-state index in [0.29, 0.717) is 12.2 Å². The molecule has 0 radical (unpaired) electrons. The van der Waals surface area contributed by atoms with Gasteiger partial charge in [0.25, 0.3) is 0 Å². The Morgan fingerprint density at radius 1 is 1.50 bits per heavy atom.